The first kappa shape index (κ1) is 9.89. The van der Waals surface area contributed by atoms with Gasteiger partial charge < -0.3 is 10.2 Å². The van der Waals surface area contributed by atoms with Crippen molar-refractivity contribution < 1.29 is 4.42 Å². The lowest BCUT2D eigenvalue weighted by atomic mass is 10.1. The number of hydrogen-bond donors (Lipinski definition) is 1. The number of aryl methyl sites for hydroxylation is 1. The third kappa shape index (κ3) is 1.39. The molecule has 0 saturated heterocycles. The molecule has 0 aliphatic rings. The Labute approximate surface area is 97.9 Å². The van der Waals surface area contributed by atoms with Crippen LogP contribution in [0.5, 0.6) is 0 Å². The summed E-state index contributed by atoms with van der Waals surface area (Å²) in [4.78, 5) is 4.09. The molecule has 3 rings (SSSR count). The summed E-state index contributed by atoms with van der Waals surface area (Å²) in [5.41, 5.74) is 10.4. The molecule has 1 aromatic carbocycles. The third-order valence-corrected chi connectivity index (χ3v) is 2.93. The molecule has 86 valence electrons. The molecule has 2 N–H and O–H groups in total. The van der Waals surface area contributed by atoms with Crippen LogP contribution in [0.15, 0.2) is 29.0 Å². The van der Waals surface area contributed by atoms with Gasteiger partial charge in [-0.3, -0.25) is 4.68 Å². The second kappa shape index (κ2) is 3.35. The molecular weight excluding hydrogens is 216 g/mol. The second-order valence-corrected chi connectivity index (χ2v) is 4.02. The Morgan fingerprint density at radius 1 is 1.35 bits per heavy atom. The number of nitrogen functional groups attached to an aromatic ring is 1. The van der Waals surface area contributed by atoms with E-state index in [1.165, 1.54) is 6.39 Å². The molecule has 5 nitrogen and oxygen atoms in total. The van der Waals surface area contributed by atoms with Gasteiger partial charge in [0.15, 0.2) is 12.0 Å². The van der Waals surface area contributed by atoms with Crippen LogP contribution in [0.1, 0.15) is 5.56 Å². The Morgan fingerprint density at radius 3 is 2.88 bits per heavy atom. The largest absolute Gasteiger partial charge is 0.443 e. The molecule has 0 radical (unpaired) electrons. The van der Waals surface area contributed by atoms with Crippen LogP contribution < -0.4 is 5.73 Å². The smallest absolute Gasteiger partial charge is 0.181 e. The average Bonchev–Trinajstić information content (AvgIpc) is 2.84. The predicted molar refractivity (Wildman–Crippen MR) is 65.4 cm³/mol. The number of anilines is 1. The van der Waals surface area contributed by atoms with Gasteiger partial charge in [0.1, 0.15) is 11.3 Å². The van der Waals surface area contributed by atoms with Crippen LogP contribution in [0, 0.1) is 6.92 Å². The van der Waals surface area contributed by atoms with E-state index in [9.17, 15) is 0 Å². The van der Waals surface area contributed by atoms with Crippen LogP contribution in [0.2, 0.25) is 0 Å². The molecule has 2 heterocycles. The average molecular weight is 228 g/mol. The molecule has 2 aromatic heterocycles. The van der Waals surface area contributed by atoms with Gasteiger partial charge in [-0.25, -0.2) is 4.98 Å². The van der Waals surface area contributed by atoms with Crippen LogP contribution in [0.3, 0.4) is 0 Å². The highest BCUT2D eigenvalue weighted by Gasteiger charge is 2.12. The Bertz CT molecular complexity index is 696. The van der Waals surface area contributed by atoms with Crippen molar-refractivity contribution in [2.45, 2.75) is 6.92 Å². The van der Waals surface area contributed by atoms with Gasteiger partial charge in [-0.2, -0.15) is 5.10 Å². The van der Waals surface area contributed by atoms with E-state index in [1.807, 2.05) is 32.2 Å². The van der Waals surface area contributed by atoms with Crippen molar-refractivity contribution in [1.29, 1.82) is 0 Å². The van der Waals surface area contributed by atoms with Gasteiger partial charge in [-0.15, -0.1) is 0 Å². The summed E-state index contributed by atoms with van der Waals surface area (Å²) in [6.07, 6.45) is 1.44. The minimum absolute atomic E-state index is 0.556. The first-order valence-corrected chi connectivity index (χ1v) is 5.29. The Hall–Kier alpha value is -2.30. The molecule has 0 saturated carbocycles. The summed E-state index contributed by atoms with van der Waals surface area (Å²) in [6, 6.07) is 5.87. The van der Waals surface area contributed by atoms with Crippen molar-refractivity contribution >= 4 is 16.9 Å². The number of oxazole rings is 1. The maximum absolute atomic E-state index is 5.80. The standard InChI is InChI=1S/C12H12N4O/c1-7-11(16(2)15-12(7)13)8-3-4-9-10(5-8)17-6-14-9/h3-6H,1-2H3,(H2,13,15). The van der Waals surface area contributed by atoms with Gasteiger partial charge in [0.2, 0.25) is 0 Å². The third-order valence-electron chi connectivity index (χ3n) is 2.93. The SMILES string of the molecule is Cc1c(N)nn(C)c1-c1ccc2ncoc2c1. The number of rotatable bonds is 1. The van der Waals surface area contributed by atoms with Crippen molar-refractivity contribution in [3.8, 4) is 11.3 Å². The monoisotopic (exact) mass is 228 g/mol. The molecule has 0 aliphatic heterocycles. The number of benzene rings is 1. The maximum Gasteiger partial charge on any atom is 0.181 e. The topological polar surface area (TPSA) is 69.9 Å². The van der Waals surface area contributed by atoms with E-state index in [1.54, 1.807) is 4.68 Å². The zero-order valence-corrected chi connectivity index (χ0v) is 9.64. The zero-order valence-electron chi connectivity index (χ0n) is 9.64. The first-order chi connectivity index (χ1) is 8.16. The van der Waals surface area contributed by atoms with Crippen molar-refractivity contribution in [2.24, 2.45) is 7.05 Å². The Kier molecular flexibility index (Phi) is 1.95. The number of hydrogen-bond acceptors (Lipinski definition) is 4. The highest BCUT2D eigenvalue weighted by Crippen LogP contribution is 2.28. The summed E-state index contributed by atoms with van der Waals surface area (Å²) in [5.74, 6) is 0.556. The van der Waals surface area contributed by atoms with E-state index in [0.29, 0.717) is 5.82 Å². The van der Waals surface area contributed by atoms with E-state index < -0.39 is 0 Å². The molecule has 3 aromatic rings. The van der Waals surface area contributed by atoms with Gasteiger partial charge in [0.05, 0.1) is 5.69 Å². The highest BCUT2D eigenvalue weighted by molar-refractivity contribution is 5.80. The molecule has 0 aliphatic carbocycles. The minimum atomic E-state index is 0.556. The summed E-state index contributed by atoms with van der Waals surface area (Å²) >= 11 is 0. The molecule has 17 heavy (non-hydrogen) atoms. The quantitative estimate of drug-likeness (QED) is 0.692. The van der Waals surface area contributed by atoms with Gasteiger partial charge >= 0.3 is 0 Å². The molecule has 0 atom stereocenters. The van der Waals surface area contributed by atoms with Crippen LogP contribution in [0.4, 0.5) is 5.82 Å². The van der Waals surface area contributed by atoms with E-state index in [2.05, 4.69) is 10.1 Å². The number of aromatic nitrogens is 3. The minimum Gasteiger partial charge on any atom is -0.443 e. The maximum atomic E-state index is 5.80. The van der Waals surface area contributed by atoms with Crippen LogP contribution in [-0.4, -0.2) is 14.8 Å². The van der Waals surface area contributed by atoms with Crippen LogP contribution >= 0.6 is 0 Å². The summed E-state index contributed by atoms with van der Waals surface area (Å²) in [7, 11) is 1.88. The highest BCUT2D eigenvalue weighted by atomic mass is 16.3. The van der Waals surface area contributed by atoms with Gasteiger partial charge in [-0.1, -0.05) is 6.07 Å². The van der Waals surface area contributed by atoms with Crippen molar-refractivity contribution in [1.82, 2.24) is 14.8 Å². The van der Waals surface area contributed by atoms with E-state index >= 15 is 0 Å². The van der Waals surface area contributed by atoms with E-state index in [-0.39, 0.29) is 0 Å². The summed E-state index contributed by atoms with van der Waals surface area (Å²) in [6.45, 7) is 1.96. The summed E-state index contributed by atoms with van der Waals surface area (Å²) in [5, 5.41) is 4.20. The van der Waals surface area contributed by atoms with E-state index in [0.717, 1.165) is 27.9 Å². The van der Waals surface area contributed by atoms with E-state index in [4.69, 9.17) is 10.2 Å². The Balaban J connectivity index is 2.26. The molecular formula is C12H12N4O. The first-order valence-electron chi connectivity index (χ1n) is 5.29. The molecule has 5 heteroatoms. The molecule has 0 fully saturated rings. The lowest BCUT2D eigenvalue weighted by molar-refractivity contribution is 0.602. The fraction of sp³-hybridized carbons (Fsp3) is 0.167. The van der Waals surface area contributed by atoms with Gasteiger partial charge in [0, 0.05) is 18.2 Å². The van der Waals surface area contributed by atoms with Crippen molar-refractivity contribution in [3.05, 3.63) is 30.2 Å². The number of fused-ring (bicyclic) bond motifs is 1. The molecule has 0 spiro atoms. The lowest BCUT2D eigenvalue weighted by Crippen LogP contribution is -1.94. The lowest BCUT2D eigenvalue weighted by Gasteiger charge is -2.03. The molecule has 0 amide bonds. The zero-order chi connectivity index (χ0) is 12.0. The van der Waals surface area contributed by atoms with Gasteiger partial charge in [-0.05, 0) is 19.1 Å². The van der Waals surface area contributed by atoms with Crippen molar-refractivity contribution in [2.75, 3.05) is 5.73 Å². The predicted octanol–water partition coefficient (Wildman–Crippen LogP) is 2.12. The Morgan fingerprint density at radius 2 is 2.18 bits per heavy atom. The fourth-order valence-corrected chi connectivity index (χ4v) is 2.06. The number of nitrogens with two attached hydrogens (primary N) is 1. The van der Waals surface area contributed by atoms with Crippen LogP contribution in [-0.2, 0) is 7.05 Å². The normalized spacial score (nSPS) is 11.2. The molecule has 0 unspecified atom stereocenters. The second-order valence-electron chi connectivity index (χ2n) is 4.02. The summed E-state index contributed by atoms with van der Waals surface area (Å²) < 4.78 is 7.07. The number of nitrogens with zero attached hydrogens (tertiary/aromatic N) is 3. The van der Waals surface area contributed by atoms with Crippen molar-refractivity contribution in [3.63, 3.8) is 0 Å². The fourth-order valence-electron chi connectivity index (χ4n) is 2.06. The van der Waals surface area contributed by atoms with Gasteiger partial charge in [0.25, 0.3) is 0 Å². The van der Waals surface area contributed by atoms with Crippen LogP contribution in [0.25, 0.3) is 22.4 Å². The molecule has 0 bridgehead atoms.